The quantitative estimate of drug-likeness (QED) is 0.398. The first kappa shape index (κ1) is 18.3. The Morgan fingerprint density at radius 2 is 1.40 bits per heavy atom. The minimum Gasteiger partial charge on any atom is -0.268 e. The van der Waals surface area contributed by atoms with Gasteiger partial charge in [-0.05, 0) is 60.3 Å². The number of hydrogen-bond acceptors (Lipinski definition) is 10. The lowest BCUT2D eigenvalue weighted by Crippen LogP contribution is -2.38. The van der Waals surface area contributed by atoms with Crippen LogP contribution in [0.1, 0.15) is 26.4 Å². The Morgan fingerprint density at radius 1 is 0.833 bits per heavy atom. The molecule has 2 aromatic carbocycles. The average molecular weight is 433 g/mol. The van der Waals surface area contributed by atoms with Gasteiger partial charge >= 0.3 is 0 Å². The summed E-state index contributed by atoms with van der Waals surface area (Å²) in [5, 5.41) is 8.02. The van der Waals surface area contributed by atoms with Gasteiger partial charge in [-0.15, -0.1) is 10.2 Å². The average Bonchev–Trinajstić information content (AvgIpc) is 3.42. The number of carbonyl (C=O) groups is 2. The summed E-state index contributed by atoms with van der Waals surface area (Å²) in [7, 11) is 0. The fourth-order valence-electron chi connectivity index (χ4n) is 3.00. The van der Waals surface area contributed by atoms with Crippen LogP contribution in [0.15, 0.2) is 48.7 Å². The zero-order valence-electron chi connectivity index (χ0n) is 15.4. The van der Waals surface area contributed by atoms with Crippen LogP contribution >= 0.6 is 23.1 Å². The third kappa shape index (κ3) is 3.00. The first-order valence-electron chi connectivity index (χ1n) is 8.74. The van der Waals surface area contributed by atoms with Gasteiger partial charge in [-0.2, -0.15) is 0 Å². The van der Waals surface area contributed by atoms with Crippen LogP contribution in [-0.4, -0.2) is 41.0 Å². The number of anilines is 1. The van der Waals surface area contributed by atoms with Crippen LogP contribution in [0, 0.1) is 6.92 Å². The fourth-order valence-corrected chi connectivity index (χ4v) is 4.34. The third-order valence-electron chi connectivity index (χ3n) is 4.40. The summed E-state index contributed by atoms with van der Waals surface area (Å²) in [6, 6.07) is 11.9. The van der Waals surface area contributed by atoms with Gasteiger partial charge in [0, 0.05) is 11.9 Å². The first-order valence-corrected chi connectivity index (χ1v) is 10.3. The SMILES string of the molecule is Cc1ccnc(N(C(=O)c2cccc3nnsc23)C(=O)c2cccc3nnsc23)n1. The van der Waals surface area contributed by atoms with Crippen LogP contribution < -0.4 is 4.90 Å². The number of amides is 2. The molecule has 0 atom stereocenters. The summed E-state index contributed by atoms with van der Waals surface area (Å²) >= 11 is 2.18. The predicted octanol–water partition coefficient (Wildman–Crippen LogP) is 3.28. The van der Waals surface area contributed by atoms with E-state index < -0.39 is 11.8 Å². The van der Waals surface area contributed by atoms with Crippen molar-refractivity contribution < 1.29 is 9.59 Å². The largest absolute Gasteiger partial charge is 0.269 e. The van der Waals surface area contributed by atoms with E-state index in [1.165, 1.54) is 6.20 Å². The maximum atomic E-state index is 13.6. The van der Waals surface area contributed by atoms with Crippen LogP contribution in [0.5, 0.6) is 0 Å². The number of aryl methyl sites for hydroxylation is 1. The van der Waals surface area contributed by atoms with E-state index in [0.29, 0.717) is 37.3 Å². The number of fused-ring (bicyclic) bond motifs is 2. The molecule has 0 aliphatic heterocycles. The number of aromatic nitrogens is 6. The monoisotopic (exact) mass is 433 g/mol. The molecular formula is C19H11N7O2S2. The Hall–Kier alpha value is -3.70. The van der Waals surface area contributed by atoms with Crippen molar-refractivity contribution >= 4 is 61.3 Å². The number of benzene rings is 2. The van der Waals surface area contributed by atoms with Gasteiger partial charge in [0.2, 0.25) is 5.95 Å². The normalized spacial score (nSPS) is 11.1. The van der Waals surface area contributed by atoms with Gasteiger partial charge in [0.1, 0.15) is 11.0 Å². The maximum Gasteiger partial charge on any atom is 0.269 e. The van der Waals surface area contributed by atoms with E-state index in [2.05, 4.69) is 29.1 Å². The number of rotatable bonds is 3. The summed E-state index contributed by atoms with van der Waals surface area (Å²) in [4.78, 5) is 36.7. The van der Waals surface area contributed by atoms with Gasteiger partial charge in [0.15, 0.2) is 0 Å². The van der Waals surface area contributed by atoms with Crippen LogP contribution in [0.4, 0.5) is 5.95 Å². The second-order valence-corrected chi connectivity index (χ2v) is 7.81. The standard InChI is InChI=1S/C19H11N7O2S2/c1-10-8-9-20-19(21-10)26(17(27)11-4-2-6-13-15(11)29-24-22-13)18(28)12-5-3-7-14-16(12)30-25-23-14/h2-9H,1H3. The molecule has 9 nitrogen and oxygen atoms in total. The molecule has 0 fully saturated rings. The molecule has 0 spiro atoms. The lowest BCUT2D eigenvalue weighted by molar-refractivity contribution is 0.0897. The van der Waals surface area contributed by atoms with E-state index >= 15 is 0 Å². The lowest BCUT2D eigenvalue weighted by atomic mass is 10.1. The summed E-state index contributed by atoms with van der Waals surface area (Å²) in [5.41, 5.74) is 2.39. The molecule has 5 aromatic rings. The number of imide groups is 1. The molecule has 0 saturated heterocycles. The third-order valence-corrected chi connectivity index (χ3v) is 5.95. The smallest absolute Gasteiger partial charge is 0.268 e. The summed E-state index contributed by atoms with van der Waals surface area (Å²) < 4.78 is 9.01. The maximum absolute atomic E-state index is 13.6. The van der Waals surface area contributed by atoms with Crippen molar-refractivity contribution in [2.75, 3.05) is 4.90 Å². The van der Waals surface area contributed by atoms with Gasteiger partial charge in [-0.1, -0.05) is 21.1 Å². The van der Waals surface area contributed by atoms with Crippen molar-refractivity contribution in [1.82, 2.24) is 29.1 Å². The molecule has 3 aromatic heterocycles. The highest BCUT2D eigenvalue weighted by Gasteiger charge is 2.31. The van der Waals surface area contributed by atoms with Crippen LogP contribution in [-0.2, 0) is 0 Å². The van der Waals surface area contributed by atoms with E-state index in [4.69, 9.17) is 0 Å². The van der Waals surface area contributed by atoms with Gasteiger partial charge in [0.25, 0.3) is 11.8 Å². The molecule has 11 heteroatoms. The highest BCUT2D eigenvalue weighted by molar-refractivity contribution is 7.13. The summed E-state index contributed by atoms with van der Waals surface area (Å²) in [5.74, 6) is -1.12. The highest BCUT2D eigenvalue weighted by Crippen LogP contribution is 2.27. The second-order valence-electron chi connectivity index (χ2n) is 6.30. The van der Waals surface area contributed by atoms with E-state index in [1.54, 1.807) is 49.4 Å². The molecule has 0 N–H and O–H groups in total. The number of carbonyl (C=O) groups excluding carboxylic acids is 2. The lowest BCUT2D eigenvalue weighted by Gasteiger charge is -2.19. The molecule has 0 aliphatic rings. The minimum absolute atomic E-state index is 0.00560. The molecule has 146 valence electrons. The van der Waals surface area contributed by atoms with Gasteiger partial charge in [0.05, 0.1) is 20.5 Å². The Labute approximate surface area is 177 Å². The van der Waals surface area contributed by atoms with E-state index in [1.807, 2.05) is 0 Å². The molecule has 0 radical (unpaired) electrons. The molecule has 0 saturated carbocycles. The molecule has 30 heavy (non-hydrogen) atoms. The Bertz CT molecular complexity index is 1340. The summed E-state index contributed by atoms with van der Waals surface area (Å²) in [6.07, 6.45) is 1.51. The second kappa shape index (κ2) is 7.28. The molecule has 0 aliphatic carbocycles. The van der Waals surface area contributed by atoms with Crippen molar-refractivity contribution in [1.29, 1.82) is 0 Å². The van der Waals surface area contributed by atoms with E-state index in [9.17, 15) is 9.59 Å². The van der Waals surface area contributed by atoms with E-state index in [0.717, 1.165) is 28.0 Å². The Balaban J connectivity index is 1.70. The number of hydrogen-bond donors (Lipinski definition) is 0. The molecule has 0 unspecified atom stereocenters. The van der Waals surface area contributed by atoms with Crippen molar-refractivity contribution in [2.45, 2.75) is 6.92 Å². The predicted molar refractivity (Wildman–Crippen MR) is 113 cm³/mol. The molecule has 3 heterocycles. The first-order chi connectivity index (χ1) is 14.6. The Kier molecular flexibility index (Phi) is 4.45. The number of nitrogens with zero attached hydrogens (tertiary/aromatic N) is 7. The van der Waals surface area contributed by atoms with Crippen molar-refractivity contribution in [3.63, 3.8) is 0 Å². The van der Waals surface area contributed by atoms with Crippen LogP contribution in [0.25, 0.3) is 20.4 Å². The van der Waals surface area contributed by atoms with Crippen LogP contribution in [0.3, 0.4) is 0 Å². The Morgan fingerprint density at radius 3 is 1.93 bits per heavy atom. The zero-order valence-corrected chi connectivity index (χ0v) is 17.0. The van der Waals surface area contributed by atoms with Gasteiger partial charge in [-0.3, -0.25) is 9.59 Å². The fraction of sp³-hybridized carbons (Fsp3) is 0.0526. The minimum atomic E-state index is -0.559. The van der Waals surface area contributed by atoms with Crippen LogP contribution in [0.2, 0.25) is 0 Å². The molecule has 2 amide bonds. The van der Waals surface area contributed by atoms with Gasteiger partial charge in [-0.25, -0.2) is 14.9 Å². The zero-order chi connectivity index (χ0) is 20.7. The molecular weight excluding hydrogens is 422 g/mol. The molecule has 0 bridgehead atoms. The van der Waals surface area contributed by atoms with Gasteiger partial charge < -0.3 is 0 Å². The molecule has 5 rings (SSSR count). The van der Waals surface area contributed by atoms with Crippen molar-refractivity contribution in [3.05, 3.63) is 65.5 Å². The van der Waals surface area contributed by atoms with Crippen molar-refractivity contribution in [3.8, 4) is 0 Å². The van der Waals surface area contributed by atoms with Crippen molar-refractivity contribution in [2.24, 2.45) is 0 Å². The summed E-state index contributed by atoms with van der Waals surface area (Å²) in [6.45, 7) is 1.76. The highest BCUT2D eigenvalue weighted by atomic mass is 32.1. The topological polar surface area (TPSA) is 115 Å². The van der Waals surface area contributed by atoms with E-state index in [-0.39, 0.29) is 5.95 Å².